The van der Waals surface area contributed by atoms with Crippen LogP contribution in [0.3, 0.4) is 0 Å². The first-order valence-corrected chi connectivity index (χ1v) is 5.45. The van der Waals surface area contributed by atoms with Crippen LogP contribution in [0.15, 0.2) is 28.8 Å². The van der Waals surface area contributed by atoms with Crippen LogP contribution in [0.5, 0.6) is 0 Å². The van der Waals surface area contributed by atoms with Crippen LogP contribution in [0, 0.1) is 6.92 Å². The normalized spacial score (nSPS) is 10.7. The molecule has 0 radical (unpaired) electrons. The van der Waals surface area contributed by atoms with E-state index in [1.54, 1.807) is 0 Å². The van der Waals surface area contributed by atoms with Crippen molar-refractivity contribution < 1.29 is 4.52 Å². The SMILES string of the molecule is CNCc1cc(-c2ccc(Cl)c(C)c2)no1. The van der Waals surface area contributed by atoms with Gasteiger partial charge in [0.05, 0.1) is 6.54 Å². The van der Waals surface area contributed by atoms with E-state index >= 15 is 0 Å². The number of hydrogen-bond acceptors (Lipinski definition) is 3. The topological polar surface area (TPSA) is 38.1 Å². The Labute approximate surface area is 99.4 Å². The summed E-state index contributed by atoms with van der Waals surface area (Å²) in [5.74, 6) is 0.824. The second-order valence-corrected chi connectivity index (χ2v) is 4.08. The smallest absolute Gasteiger partial charge is 0.151 e. The van der Waals surface area contributed by atoms with E-state index in [-0.39, 0.29) is 0 Å². The van der Waals surface area contributed by atoms with Crippen molar-refractivity contribution in [2.75, 3.05) is 7.05 Å². The lowest BCUT2D eigenvalue weighted by molar-refractivity contribution is 0.379. The molecule has 0 amide bonds. The van der Waals surface area contributed by atoms with Crippen LogP contribution < -0.4 is 5.32 Å². The van der Waals surface area contributed by atoms with Gasteiger partial charge in [0.15, 0.2) is 5.76 Å². The molecule has 0 unspecified atom stereocenters. The molecule has 0 atom stereocenters. The summed E-state index contributed by atoms with van der Waals surface area (Å²) in [6.45, 7) is 2.65. The summed E-state index contributed by atoms with van der Waals surface area (Å²) in [6.07, 6.45) is 0. The molecule has 0 saturated heterocycles. The molecular weight excluding hydrogens is 224 g/mol. The van der Waals surface area contributed by atoms with Gasteiger partial charge in [0.1, 0.15) is 5.69 Å². The highest BCUT2D eigenvalue weighted by Crippen LogP contribution is 2.24. The molecule has 0 spiro atoms. The number of hydrogen-bond donors (Lipinski definition) is 1. The number of nitrogens with one attached hydrogen (secondary N) is 1. The Morgan fingerprint density at radius 3 is 2.88 bits per heavy atom. The first-order chi connectivity index (χ1) is 7.70. The minimum absolute atomic E-state index is 0.680. The first kappa shape index (κ1) is 11.2. The highest BCUT2D eigenvalue weighted by atomic mass is 35.5. The van der Waals surface area contributed by atoms with Crippen LogP contribution in [0.25, 0.3) is 11.3 Å². The highest BCUT2D eigenvalue weighted by Gasteiger charge is 2.06. The van der Waals surface area contributed by atoms with Gasteiger partial charge in [-0.2, -0.15) is 0 Å². The molecule has 3 nitrogen and oxygen atoms in total. The van der Waals surface area contributed by atoms with Gasteiger partial charge in [-0.1, -0.05) is 22.8 Å². The summed E-state index contributed by atoms with van der Waals surface area (Å²) >= 11 is 5.97. The third kappa shape index (κ3) is 2.26. The number of benzene rings is 1. The van der Waals surface area contributed by atoms with E-state index in [1.807, 2.05) is 38.2 Å². The second-order valence-electron chi connectivity index (χ2n) is 3.67. The van der Waals surface area contributed by atoms with E-state index in [4.69, 9.17) is 16.1 Å². The fourth-order valence-electron chi connectivity index (χ4n) is 1.51. The van der Waals surface area contributed by atoms with Crippen molar-refractivity contribution >= 4 is 11.6 Å². The van der Waals surface area contributed by atoms with E-state index in [0.29, 0.717) is 6.54 Å². The van der Waals surface area contributed by atoms with Crippen molar-refractivity contribution in [2.45, 2.75) is 13.5 Å². The van der Waals surface area contributed by atoms with Crippen LogP contribution in [0.1, 0.15) is 11.3 Å². The average Bonchev–Trinajstić information content (AvgIpc) is 2.71. The zero-order valence-corrected chi connectivity index (χ0v) is 10.0. The predicted octanol–water partition coefficient (Wildman–Crippen LogP) is 3.02. The van der Waals surface area contributed by atoms with Crippen molar-refractivity contribution in [1.82, 2.24) is 10.5 Å². The van der Waals surface area contributed by atoms with E-state index < -0.39 is 0 Å². The zero-order valence-electron chi connectivity index (χ0n) is 9.25. The van der Waals surface area contributed by atoms with Crippen LogP contribution in [0.2, 0.25) is 5.02 Å². The van der Waals surface area contributed by atoms with E-state index in [2.05, 4.69) is 10.5 Å². The number of aromatic nitrogens is 1. The number of halogens is 1. The van der Waals surface area contributed by atoms with Gasteiger partial charge >= 0.3 is 0 Å². The molecule has 0 bridgehead atoms. The monoisotopic (exact) mass is 236 g/mol. The van der Waals surface area contributed by atoms with Crippen molar-refractivity contribution in [3.63, 3.8) is 0 Å². The molecule has 1 aromatic carbocycles. The van der Waals surface area contributed by atoms with Gasteiger partial charge in [-0.3, -0.25) is 0 Å². The predicted molar refractivity (Wildman–Crippen MR) is 64.4 cm³/mol. The standard InChI is InChI=1S/C12H13ClN2O/c1-8-5-9(3-4-11(8)13)12-6-10(7-14-2)16-15-12/h3-6,14H,7H2,1-2H3. The molecule has 1 N–H and O–H groups in total. The molecule has 84 valence electrons. The van der Waals surface area contributed by atoms with E-state index in [0.717, 1.165) is 27.6 Å². The Bertz CT molecular complexity index is 494. The van der Waals surface area contributed by atoms with Gasteiger partial charge in [0, 0.05) is 16.7 Å². The van der Waals surface area contributed by atoms with Crippen molar-refractivity contribution in [3.05, 3.63) is 40.6 Å². The second kappa shape index (κ2) is 4.68. The van der Waals surface area contributed by atoms with Crippen LogP contribution in [0.4, 0.5) is 0 Å². The lowest BCUT2D eigenvalue weighted by Gasteiger charge is -1.99. The summed E-state index contributed by atoms with van der Waals surface area (Å²) in [7, 11) is 1.87. The number of rotatable bonds is 3. The van der Waals surface area contributed by atoms with Crippen molar-refractivity contribution in [2.24, 2.45) is 0 Å². The molecule has 2 rings (SSSR count). The minimum Gasteiger partial charge on any atom is -0.359 e. The molecule has 0 aliphatic rings. The molecule has 1 aromatic heterocycles. The van der Waals surface area contributed by atoms with Crippen LogP contribution in [-0.4, -0.2) is 12.2 Å². The van der Waals surface area contributed by atoms with E-state index in [1.165, 1.54) is 0 Å². The summed E-state index contributed by atoms with van der Waals surface area (Å²) in [5, 5.41) is 7.80. The van der Waals surface area contributed by atoms with Gasteiger partial charge in [0.25, 0.3) is 0 Å². The molecule has 0 saturated carbocycles. The van der Waals surface area contributed by atoms with Gasteiger partial charge in [-0.15, -0.1) is 0 Å². The molecule has 4 heteroatoms. The molecular formula is C12H13ClN2O. The largest absolute Gasteiger partial charge is 0.359 e. The van der Waals surface area contributed by atoms with Crippen molar-refractivity contribution in [3.8, 4) is 11.3 Å². The number of aryl methyl sites for hydroxylation is 1. The third-order valence-electron chi connectivity index (χ3n) is 2.36. The van der Waals surface area contributed by atoms with Crippen molar-refractivity contribution in [1.29, 1.82) is 0 Å². The van der Waals surface area contributed by atoms with Crippen LogP contribution >= 0.6 is 11.6 Å². The highest BCUT2D eigenvalue weighted by molar-refractivity contribution is 6.31. The summed E-state index contributed by atoms with van der Waals surface area (Å²) in [6, 6.07) is 7.75. The minimum atomic E-state index is 0.680. The van der Waals surface area contributed by atoms with Gasteiger partial charge in [-0.05, 0) is 31.7 Å². The summed E-state index contributed by atoms with van der Waals surface area (Å²) in [4.78, 5) is 0. The maximum Gasteiger partial charge on any atom is 0.151 e. The zero-order chi connectivity index (χ0) is 11.5. The Morgan fingerprint density at radius 2 is 2.19 bits per heavy atom. The lowest BCUT2D eigenvalue weighted by atomic mass is 10.1. The van der Waals surface area contributed by atoms with Gasteiger partial charge in [0.2, 0.25) is 0 Å². The Morgan fingerprint density at radius 1 is 1.38 bits per heavy atom. The molecule has 16 heavy (non-hydrogen) atoms. The molecule has 0 aliphatic carbocycles. The van der Waals surface area contributed by atoms with Gasteiger partial charge < -0.3 is 9.84 Å². The Balaban J connectivity index is 2.31. The Kier molecular flexibility index (Phi) is 3.27. The van der Waals surface area contributed by atoms with Gasteiger partial charge in [-0.25, -0.2) is 0 Å². The molecule has 0 aliphatic heterocycles. The lowest BCUT2D eigenvalue weighted by Crippen LogP contribution is -2.03. The maximum atomic E-state index is 5.97. The molecule has 0 fully saturated rings. The van der Waals surface area contributed by atoms with Crippen LogP contribution in [-0.2, 0) is 6.54 Å². The summed E-state index contributed by atoms with van der Waals surface area (Å²) in [5.41, 5.74) is 2.90. The Hall–Kier alpha value is -1.32. The third-order valence-corrected chi connectivity index (χ3v) is 2.79. The van der Waals surface area contributed by atoms with E-state index in [9.17, 15) is 0 Å². The number of nitrogens with zero attached hydrogens (tertiary/aromatic N) is 1. The first-order valence-electron chi connectivity index (χ1n) is 5.07. The fraction of sp³-hybridized carbons (Fsp3) is 0.250. The quantitative estimate of drug-likeness (QED) is 0.890. The molecule has 2 aromatic rings. The average molecular weight is 237 g/mol. The summed E-state index contributed by atoms with van der Waals surface area (Å²) < 4.78 is 5.18. The maximum absolute atomic E-state index is 5.97. The fourth-order valence-corrected chi connectivity index (χ4v) is 1.63. The molecule has 1 heterocycles.